The lowest BCUT2D eigenvalue weighted by Crippen LogP contribution is -2.37. The van der Waals surface area contributed by atoms with Crippen LogP contribution in [0.25, 0.3) is 0 Å². The van der Waals surface area contributed by atoms with E-state index in [2.05, 4.69) is 10.3 Å². The van der Waals surface area contributed by atoms with Gasteiger partial charge in [0.2, 0.25) is 0 Å². The van der Waals surface area contributed by atoms with E-state index in [1.165, 1.54) is 4.68 Å². The predicted molar refractivity (Wildman–Crippen MR) is 35.6 cm³/mol. The number of hydrogen-bond acceptors (Lipinski definition) is 4. The summed E-state index contributed by atoms with van der Waals surface area (Å²) in [5.41, 5.74) is 0.873. The summed E-state index contributed by atoms with van der Waals surface area (Å²) in [4.78, 5) is 0. The smallest absolute Gasteiger partial charge is 0.422 e. The Bertz CT molecular complexity index is 215. The number of aryl methyl sites for hydroxylation is 2. The first-order valence-corrected chi connectivity index (χ1v) is 2.85. The fourth-order valence-corrected chi connectivity index (χ4v) is 0.822. The molecule has 10 heavy (non-hydrogen) atoms. The van der Waals surface area contributed by atoms with Gasteiger partial charge in [-0.05, 0) is 6.92 Å². The highest BCUT2D eigenvalue weighted by Crippen LogP contribution is 1.84. The fourth-order valence-electron chi connectivity index (χ4n) is 0.822. The molecule has 54 valence electrons. The molecule has 0 unspecified atom stereocenters. The Balaban J connectivity index is 3.10. The van der Waals surface area contributed by atoms with Crippen molar-refractivity contribution in [1.29, 1.82) is 0 Å². The summed E-state index contributed by atoms with van der Waals surface area (Å²) < 4.78 is 1.33. The maximum atomic E-state index is 8.73. The molecule has 0 fully saturated rings. The molecule has 0 aliphatic heterocycles. The van der Waals surface area contributed by atoms with Crippen LogP contribution >= 0.6 is 0 Å². The summed E-state index contributed by atoms with van der Waals surface area (Å²) in [6.45, 7) is 1.67. The Morgan fingerprint density at radius 1 is 1.50 bits per heavy atom. The number of hydrogen-bond donors (Lipinski definition) is 2. The van der Waals surface area contributed by atoms with E-state index in [9.17, 15) is 0 Å². The average Bonchev–Trinajstić information content (AvgIpc) is 2.11. The van der Waals surface area contributed by atoms with Gasteiger partial charge in [0.1, 0.15) is 0 Å². The minimum atomic E-state index is -1.49. The summed E-state index contributed by atoms with van der Waals surface area (Å²) in [5.74, 6) is 0. The molecule has 1 heterocycles. The third kappa shape index (κ3) is 1.03. The molecule has 0 amide bonds. The minimum absolute atomic E-state index is 0.333. The molecule has 0 bridgehead atoms. The van der Waals surface area contributed by atoms with Crippen molar-refractivity contribution < 1.29 is 10.0 Å². The molecule has 0 saturated carbocycles. The second kappa shape index (κ2) is 2.39. The molecule has 1 aromatic rings. The quantitative estimate of drug-likeness (QED) is 0.435. The Labute approximate surface area is 58.4 Å². The summed E-state index contributed by atoms with van der Waals surface area (Å²) in [6.07, 6.45) is 0. The largest absolute Gasteiger partial charge is 0.509 e. The highest BCUT2D eigenvalue weighted by molar-refractivity contribution is 6.58. The number of rotatable bonds is 1. The van der Waals surface area contributed by atoms with Crippen molar-refractivity contribution in [2.24, 2.45) is 7.05 Å². The van der Waals surface area contributed by atoms with Gasteiger partial charge in [-0.25, -0.2) is 0 Å². The van der Waals surface area contributed by atoms with E-state index in [-0.39, 0.29) is 0 Å². The van der Waals surface area contributed by atoms with Crippen molar-refractivity contribution in [1.82, 2.24) is 15.0 Å². The molecular weight excluding hydrogens is 133 g/mol. The van der Waals surface area contributed by atoms with Crippen molar-refractivity contribution in [3.63, 3.8) is 0 Å². The number of nitrogens with zero attached hydrogens (tertiary/aromatic N) is 3. The van der Waals surface area contributed by atoms with Crippen LogP contribution in [0, 0.1) is 6.92 Å². The first-order chi connectivity index (χ1) is 4.63. The zero-order chi connectivity index (χ0) is 7.72. The Morgan fingerprint density at radius 2 is 2.10 bits per heavy atom. The van der Waals surface area contributed by atoms with Crippen LogP contribution < -0.4 is 5.59 Å². The standard InChI is InChI=1S/C4H8BN3O2/c1-3-4(5(9)10)8(2)7-6-3/h9-10H,1-2H3. The van der Waals surface area contributed by atoms with Crippen molar-refractivity contribution in [3.8, 4) is 0 Å². The van der Waals surface area contributed by atoms with Crippen LogP contribution in [-0.2, 0) is 7.05 Å². The van der Waals surface area contributed by atoms with Crippen LogP contribution in [0.3, 0.4) is 0 Å². The van der Waals surface area contributed by atoms with Gasteiger partial charge < -0.3 is 10.0 Å². The van der Waals surface area contributed by atoms with Crippen LogP contribution in [-0.4, -0.2) is 32.2 Å². The highest BCUT2D eigenvalue weighted by atomic mass is 16.4. The molecule has 5 nitrogen and oxygen atoms in total. The van der Waals surface area contributed by atoms with Gasteiger partial charge in [0.05, 0.1) is 11.3 Å². The van der Waals surface area contributed by atoms with E-state index in [1.54, 1.807) is 14.0 Å². The summed E-state index contributed by atoms with van der Waals surface area (Å²) in [7, 11) is 0.120. The van der Waals surface area contributed by atoms with Crippen LogP contribution in [0.4, 0.5) is 0 Å². The summed E-state index contributed by atoms with van der Waals surface area (Å²) >= 11 is 0. The molecule has 0 radical (unpaired) electrons. The van der Waals surface area contributed by atoms with E-state index in [0.29, 0.717) is 11.3 Å². The second-order valence-corrected chi connectivity index (χ2v) is 2.06. The molecule has 1 rings (SSSR count). The molecular formula is C4H8BN3O2. The summed E-state index contributed by atoms with van der Waals surface area (Å²) in [5, 5.41) is 24.7. The topological polar surface area (TPSA) is 71.2 Å². The Hall–Kier alpha value is -0.875. The third-order valence-corrected chi connectivity index (χ3v) is 1.29. The van der Waals surface area contributed by atoms with Gasteiger partial charge in [0.15, 0.2) is 0 Å². The minimum Gasteiger partial charge on any atom is -0.422 e. The van der Waals surface area contributed by atoms with E-state index >= 15 is 0 Å². The zero-order valence-corrected chi connectivity index (χ0v) is 5.81. The zero-order valence-electron chi connectivity index (χ0n) is 5.81. The summed E-state index contributed by atoms with van der Waals surface area (Å²) in [6, 6.07) is 0. The van der Waals surface area contributed by atoms with Gasteiger partial charge in [-0.1, -0.05) is 5.21 Å². The van der Waals surface area contributed by atoms with Crippen LogP contribution in [0.1, 0.15) is 5.69 Å². The maximum absolute atomic E-state index is 8.73. The Morgan fingerprint density at radius 3 is 2.30 bits per heavy atom. The third-order valence-electron chi connectivity index (χ3n) is 1.29. The number of aromatic nitrogens is 3. The fraction of sp³-hybridized carbons (Fsp3) is 0.500. The molecule has 2 N–H and O–H groups in total. The van der Waals surface area contributed by atoms with Gasteiger partial charge in [0, 0.05) is 7.05 Å². The van der Waals surface area contributed by atoms with Gasteiger partial charge in [0.25, 0.3) is 0 Å². The van der Waals surface area contributed by atoms with Crippen LogP contribution in [0.15, 0.2) is 0 Å². The van der Waals surface area contributed by atoms with E-state index < -0.39 is 7.12 Å². The first kappa shape index (κ1) is 7.23. The maximum Gasteiger partial charge on any atom is 0.509 e. The lowest BCUT2D eigenvalue weighted by molar-refractivity contribution is 0.421. The van der Waals surface area contributed by atoms with Gasteiger partial charge in [-0.2, -0.15) is 0 Å². The molecule has 0 spiro atoms. The van der Waals surface area contributed by atoms with Gasteiger partial charge in [-0.3, -0.25) is 4.68 Å². The Kier molecular flexibility index (Phi) is 1.73. The lowest BCUT2D eigenvalue weighted by atomic mass is 9.84. The van der Waals surface area contributed by atoms with E-state index in [0.717, 1.165) is 0 Å². The van der Waals surface area contributed by atoms with E-state index in [4.69, 9.17) is 10.0 Å². The van der Waals surface area contributed by atoms with Crippen molar-refractivity contribution in [2.75, 3.05) is 0 Å². The van der Waals surface area contributed by atoms with Crippen LogP contribution in [0.5, 0.6) is 0 Å². The monoisotopic (exact) mass is 141 g/mol. The highest BCUT2D eigenvalue weighted by Gasteiger charge is 2.19. The van der Waals surface area contributed by atoms with Crippen LogP contribution in [0.2, 0.25) is 0 Å². The van der Waals surface area contributed by atoms with E-state index in [1.807, 2.05) is 0 Å². The lowest BCUT2D eigenvalue weighted by Gasteiger charge is -1.97. The molecule has 1 aromatic heterocycles. The van der Waals surface area contributed by atoms with Crippen molar-refractivity contribution in [3.05, 3.63) is 5.69 Å². The molecule has 0 saturated heterocycles. The molecule has 6 heteroatoms. The first-order valence-electron chi connectivity index (χ1n) is 2.85. The second-order valence-electron chi connectivity index (χ2n) is 2.06. The van der Waals surface area contributed by atoms with Gasteiger partial charge in [-0.15, -0.1) is 5.10 Å². The predicted octanol–water partition coefficient (Wildman–Crippen LogP) is -2.20. The average molecular weight is 141 g/mol. The molecule has 0 aliphatic carbocycles. The van der Waals surface area contributed by atoms with Crippen molar-refractivity contribution >= 4 is 12.7 Å². The van der Waals surface area contributed by atoms with Crippen molar-refractivity contribution in [2.45, 2.75) is 6.92 Å². The molecule has 0 atom stereocenters. The molecule has 0 aliphatic rings. The molecule has 0 aromatic carbocycles. The normalized spacial score (nSPS) is 10.0. The SMILES string of the molecule is Cc1nnn(C)c1B(O)O. The van der Waals surface area contributed by atoms with Gasteiger partial charge >= 0.3 is 7.12 Å².